The summed E-state index contributed by atoms with van der Waals surface area (Å²) >= 11 is 0. The number of hydrogen-bond donors (Lipinski definition) is 1. The lowest BCUT2D eigenvalue weighted by Crippen LogP contribution is -1.94. The Morgan fingerprint density at radius 3 is 1.32 bits per heavy atom. The van der Waals surface area contributed by atoms with Gasteiger partial charge < -0.3 is 5.32 Å². The van der Waals surface area contributed by atoms with Gasteiger partial charge in [0.1, 0.15) is 0 Å². The minimum absolute atomic E-state index is 0.891. The molecular weight excluding hydrogens is 230 g/mol. The van der Waals surface area contributed by atoms with E-state index in [2.05, 4.69) is 19.2 Å². The van der Waals surface area contributed by atoms with Crippen LogP contribution >= 0.6 is 0 Å². The highest BCUT2D eigenvalue weighted by Crippen LogP contribution is 2.23. The van der Waals surface area contributed by atoms with E-state index in [4.69, 9.17) is 0 Å². The molecule has 0 amide bonds. The molecule has 114 valence electrons. The Balaban J connectivity index is 1.76. The molecule has 1 heteroatoms. The van der Waals surface area contributed by atoms with Gasteiger partial charge in [-0.05, 0) is 12.8 Å². The fourth-order valence-corrected chi connectivity index (χ4v) is 3.08. The van der Waals surface area contributed by atoms with Crippen LogP contribution in [0.5, 0.6) is 0 Å². The van der Waals surface area contributed by atoms with Gasteiger partial charge in [0.25, 0.3) is 0 Å². The molecule has 1 saturated heterocycles. The number of hydrogen-bond acceptors (Lipinski definition) is 1. The molecular formula is C18H37N. The van der Waals surface area contributed by atoms with Crippen molar-refractivity contribution in [1.82, 2.24) is 5.32 Å². The van der Waals surface area contributed by atoms with Crippen molar-refractivity contribution in [2.75, 3.05) is 0 Å². The van der Waals surface area contributed by atoms with Crippen molar-refractivity contribution in [2.24, 2.45) is 0 Å². The third-order valence-electron chi connectivity index (χ3n) is 4.54. The highest BCUT2D eigenvalue weighted by Gasteiger charge is 2.33. The van der Waals surface area contributed by atoms with E-state index < -0.39 is 0 Å². The van der Waals surface area contributed by atoms with Gasteiger partial charge in [-0.3, -0.25) is 0 Å². The van der Waals surface area contributed by atoms with Gasteiger partial charge in [0.2, 0.25) is 0 Å². The topological polar surface area (TPSA) is 21.9 Å². The van der Waals surface area contributed by atoms with Gasteiger partial charge in [-0.15, -0.1) is 0 Å². The summed E-state index contributed by atoms with van der Waals surface area (Å²) < 4.78 is 0. The minimum Gasteiger partial charge on any atom is -0.308 e. The molecule has 1 heterocycles. The molecule has 0 aliphatic carbocycles. The maximum Gasteiger partial charge on any atom is 0.0224 e. The lowest BCUT2D eigenvalue weighted by Gasteiger charge is -2.01. The zero-order chi connectivity index (χ0) is 13.8. The highest BCUT2D eigenvalue weighted by atomic mass is 15.1. The molecule has 1 rings (SSSR count). The summed E-state index contributed by atoms with van der Waals surface area (Å²) in [5, 5.41) is 3.67. The maximum absolute atomic E-state index is 3.67. The summed E-state index contributed by atoms with van der Waals surface area (Å²) in [6, 6.07) is 1.78. The highest BCUT2D eigenvalue weighted by molar-refractivity contribution is 4.97. The van der Waals surface area contributed by atoms with Gasteiger partial charge >= 0.3 is 0 Å². The molecule has 0 aromatic rings. The van der Waals surface area contributed by atoms with Crippen LogP contribution in [0, 0.1) is 0 Å². The largest absolute Gasteiger partial charge is 0.308 e. The molecule has 19 heavy (non-hydrogen) atoms. The molecule has 0 radical (unpaired) electrons. The zero-order valence-corrected chi connectivity index (χ0v) is 13.6. The van der Waals surface area contributed by atoms with Crippen molar-refractivity contribution in [3.63, 3.8) is 0 Å². The molecule has 0 aromatic carbocycles. The van der Waals surface area contributed by atoms with Crippen LogP contribution in [0.2, 0.25) is 0 Å². The van der Waals surface area contributed by atoms with Crippen LogP contribution in [-0.4, -0.2) is 12.1 Å². The average Bonchev–Trinajstić information content (AvgIpc) is 3.16. The van der Waals surface area contributed by atoms with Gasteiger partial charge in [-0.25, -0.2) is 0 Å². The third-order valence-corrected chi connectivity index (χ3v) is 4.54. The fourth-order valence-electron chi connectivity index (χ4n) is 3.08. The van der Waals surface area contributed by atoms with Crippen LogP contribution in [-0.2, 0) is 0 Å². The van der Waals surface area contributed by atoms with Crippen molar-refractivity contribution in [3.05, 3.63) is 0 Å². The van der Waals surface area contributed by atoms with Crippen molar-refractivity contribution < 1.29 is 0 Å². The summed E-state index contributed by atoms with van der Waals surface area (Å²) in [6.45, 7) is 4.59. The Kier molecular flexibility index (Phi) is 10.5. The van der Waals surface area contributed by atoms with Crippen LogP contribution in [0.4, 0.5) is 0 Å². The van der Waals surface area contributed by atoms with Crippen LogP contribution < -0.4 is 5.32 Å². The predicted octanol–water partition coefficient (Wildman–Crippen LogP) is 5.83. The van der Waals surface area contributed by atoms with E-state index in [1.165, 1.54) is 89.9 Å². The Bertz CT molecular complexity index is 170. The van der Waals surface area contributed by atoms with Gasteiger partial charge in [0.05, 0.1) is 0 Å². The van der Waals surface area contributed by atoms with Crippen molar-refractivity contribution in [3.8, 4) is 0 Å². The van der Waals surface area contributed by atoms with Crippen molar-refractivity contribution in [2.45, 2.75) is 116 Å². The van der Waals surface area contributed by atoms with E-state index in [0.717, 1.165) is 12.1 Å². The maximum atomic E-state index is 3.67. The van der Waals surface area contributed by atoms with Gasteiger partial charge in [-0.2, -0.15) is 0 Å². The first kappa shape index (κ1) is 17.0. The van der Waals surface area contributed by atoms with Crippen LogP contribution in [0.25, 0.3) is 0 Å². The molecule has 0 spiro atoms. The van der Waals surface area contributed by atoms with Crippen molar-refractivity contribution >= 4 is 0 Å². The Hall–Kier alpha value is -0.0400. The molecule has 0 aromatic heterocycles. The molecule has 0 saturated carbocycles. The number of nitrogens with one attached hydrogen (secondary N) is 1. The third kappa shape index (κ3) is 9.49. The smallest absolute Gasteiger partial charge is 0.0224 e. The first-order valence-electron chi connectivity index (χ1n) is 9.14. The fraction of sp³-hybridized carbons (Fsp3) is 1.00. The Labute approximate surface area is 121 Å². The van der Waals surface area contributed by atoms with Crippen LogP contribution in [0.1, 0.15) is 104 Å². The Morgan fingerprint density at radius 2 is 0.895 bits per heavy atom. The summed E-state index contributed by atoms with van der Waals surface area (Å²) in [4.78, 5) is 0. The average molecular weight is 268 g/mol. The molecule has 0 bridgehead atoms. The van der Waals surface area contributed by atoms with Crippen LogP contribution in [0.15, 0.2) is 0 Å². The molecule has 1 fully saturated rings. The molecule has 1 N–H and O–H groups in total. The second-order valence-electron chi connectivity index (χ2n) is 6.49. The van der Waals surface area contributed by atoms with Crippen LogP contribution in [0.3, 0.4) is 0 Å². The Morgan fingerprint density at radius 1 is 0.526 bits per heavy atom. The van der Waals surface area contributed by atoms with Crippen molar-refractivity contribution in [1.29, 1.82) is 0 Å². The van der Waals surface area contributed by atoms with E-state index in [1.54, 1.807) is 0 Å². The standard InChI is InChI=1S/C18H37N/c1-3-5-7-9-11-13-15-17-18(19-17)16-14-12-10-8-6-4-2/h17-19H,3-16H2,1-2H3/t17-,18-/m0/s1. The quantitative estimate of drug-likeness (QED) is 0.310. The van der Waals surface area contributed by atoms with Gasteiger partial charge in [0, 0.05) is 12.1 Å². The second-order valence-corrected chi connectivity index (χ2v) is 6.49. The number of rotatable bonds is 14. The molecule has 1 aliphatic rings. The second kappa shape index (κ2) is 11.8. The molecule has 1 aliphatic heterocycles. The zero-order valence-electron chi connectivity index (χ0n) is 13.6. The van der Waals surface area contributed by atoms with E-state index in [0.29, 0.717) is 0 Å². The summed E-state index contributed by atoms with van der Waals surface area (Å²) in [5.74, 6) is 0. The first-order valence-corrected chi connectivity index (χ1v) is 9.14. The lowest BCUT2D eigenvalue weighted by molar-refractivity contribution is 0.566. The van der Waals surface area contributed by atoms with E-state index in [1.807, 2.05) is 0 Å². The monoisotopic (exact) mass is 267 g/mol. The molecule has 2 atom stereocenters. The van der Waals surface area contributed by atoms with Gasteiger partial charge in [-0.1, -0.05) is 90.9 Å². The van der Waals surface area contributed by atoms with E-state index in [9.17, 15) is 0 Å². The van der Waals surface area contributed by atoms with E-state index in [-0.39, 0.29) is 0 Å². The summed E-state index contributed by atoms with van der Waals surface area (Å²) in [7, 11) is 0. The predicted molar refractivity (Wildman–Crippen MR) is 86.7 cm³/mol. The minimum atomic E-state index is 0.891. The lowest BCUT2D eigenvalue weighted by atomic mass is 10.0. The number of unbranched alkanes of at least 4 members (excludes halogenated alkanes) is 10. The normalized spacial score (nSPS) is 21.8. The summed E-state index contributed by atoms with van der Waals surface area (Å²) in [5.41, 5.74) is 0. The molecule has 0 unspecified atom stereocenters. The van der Waals surface area contributed by atoms with E-state index >= 15 is 0 Å². The summed E-state index contributed by atoms with van der Waals surface area (Å²) in [6.07, 6.45) is 20.1. The van der Waals surface area contributed by atoms with Gasteiger partial charge in [0.15, 0.2) is 0 Å². The first-order chi connectivity index (χ1) is 9.38. The SMILES string of the molecule is CCCCCCCC[C@@H]1N[C@H]1CCCCCCCC. The molecule has 1 nitrogen and oxygen atoms in total.